The molecule has 0 bridgehead atoms. The second kappa shape index (κ2) is 6.12. The van der Waals surface area contributed by atoms with Crippen molar-refractivity contribution in [2.45, 2.75) is 26.2 Å². The van der Waals surface area contributed by atoms with Crippen LogP contribution in [0.4, 0.5) is 0 Å². The molecule has 1 aromatic heterocycles. The molecule has 0 aliphatic heterocycles. The summed E-state index contributed by atoms with van der Waals surface area (Å²) >= 11 is 1.51. The third-order valence-electron chi connectivity index (χ3n) is 4.12. The van der Waals surface area contributed by atoms with Crippen LogP contribution in [0.15, 0.2) is 29.6 Å². The van der Waals surface area contributed by atoms with Crippen LogP contribution >= 0.6 is 11.3 Å². The third kappa shape index (κ3) is 3.59. The van der Waals surface area contributed by atoms with Gasteiger partial charge in [0.05, 0.1) is 17.5 Å². The zero-order valence-corrected chi connectivity index (χ0v) is 13.7. The smallest absolute Gasteiger partial charge is 0.311 e. The SMILES string of the molecule is Cc1ccc(-c2nc(CC(=O)NCC3(C(=O)O)CC3)cs2)cc1. The Morgan fingerprint density at radius 1 is 1.30 bits per heavy atom. The molecular weight excluding hydrogens is 312 g/mol. The molecule has 1 aliphatic rings. The number of carbonyl (C=O) groups is 2. The lowest BCUT2D eigenvalue weighted by Crippen LogP contribution is -2.35. The van der Waals surface area contributed by atoms with Crippen LogP contribution in [0, 0.1) is 12.3 Å². The van der Waals surface area contributed by atoms with Crippen molar-refractivity contribution < 1.29 is 14.7 Å². The van der Waals surface area contributed by atoms with E-state index in [9.17, 15) is 9.59 Å². The van der Waals surface area contributed by atoms with Gasteiger partial charge in [0.15, 0.2) is 0 Å². The molecule has 1 amide bonds. The average Bonchev–Trinajstić information content (AvgIpc) is 3.19. The molecule has 3 rings (SSSR count). The summed E-state index contributed by atoms with van der Waals surface area (Å²) in [5, 5.41) is 14.6. The zero-order chi connectivity index (χ0) is 16.4. The van der Waals surface area contributed by atoms with Crippen molar-refractivity contribution in [2.75, 3.05) is 6.54 Å². The van der Waals surface area contributed by atoms with Gasteiger partial charge < -0.3 is 10.4 Å². The summed E-state index contributed by atoms with van der Waals surface area (Å²) in [6.45, 7) is 2.24. The Hall–Kier alpha value is -2.21. The van der Waals surface area contributed by atoms with Crippen molar-refractivity contribution in [2.24, 2.45) is 5.41 Å². The number of aromatic nitrogens is 1. The number of nitrogens with one attached hydrogen (secondary N) is 1. The molecule has 0 unspecified atom stereocenters. The molecule has 1 aliphatic carbocycles. The van der Waals surface area contributed by atoms with Crippen LogP contribution in [0.1, 0.15) is 24.1 Å². The molecule has 1 aromatic carbocycles. The fourth-order valence-electron chi connectivity index (χ4n) is 2.33. The van der Waals surface area contributed by atoms with Crippen molar-refractivity contribution in [1.29, 1.82) is 0 Å². The second-order valence-electron chi connectivity index (χ2n) is 6.05. The lowest BCUT2D eigenvalue weighted by atomic mass is 10.1. The minimum Gasteiger partial charge on any atom is -0.481 e. The molecule has 5 nitrogen and oxygen atoms in total. The lowest BCUT2D eigenvalue weighted by molar-refractivity contribution is -0.143. The van der Waals surface area contributed by atoms with E-state index >= 15 is 0 Å². The average molecular weight is 330 g/mol. The molecule has 1 saturated carbocycles. The minimum atomic E-state index is -0.826. The van der Waals surface area contributed by atoms with E-state index in [0.29, 0.717) is 18.5 Å². The first-order valence-electron chi connectivity index (χ1n) is 7.50. The highest BCUT2D eigenvalue weighted by atomic mass is 32.1. The number of nitrogens with zero attached hydrogens (tertiary/aromatic N) is 1. The standard InChI is InChI=1S/C17H18N2O3S/c1-11-2-4-12(5-3-11)15-19-13(9-23-15)8-14(20)18-10-17(6-7-17)16(21)22/h2-5,9H,6-8,10H2,1H3,(H,18,20)(H,21,22). The number of carbonyl (C=O) groups excluding carboxylic acids is 1. The molecule has 2 N–H and O–H groups in total. The highest BCUT2D eigenvalue weighted by Gasteiger charge is 2.50. The molecule has 1 heterocycles. The van der Waals surface area contributed by atoms with Crippen molar-refractivity contribution in [1.82, 2.24) is 10.3 Å². The molecule has 6 heteroatoms. The first kappa shape index (κ1) is 15.7. The van der Waals surface area contributed by atoms with Crippen molar-refractivity contribution in [3.05, 3.63) is 40.9 Å². The van der Waals surface area contributed by atoms with Crippen LogP contribution in [0.3, 0.4) is 0 Å². The summed E-state index contributed by atoms with van der Waals surface area (Å²) in [4.78, 5) is 27.5. The van der Waals surface area contributed by atoms with Gasteiger partial charge in [0.25, 0.3) is 0 Å². The van der Waals surface area contributed by atoms with E-state index in [1.54, 1.807) is 0 Å². The zero-order valence-electron chi connectivity index (χ0n) is 12.8. The topological polar surface area (TPSA) is 79.3 Å². The number of aryl methyl sites for hydroxylation is 1. The summed E-state index contributed by atoms with van der Waals surface area (Å²) < 4.78 is 0. The van der Waals surface area contributed by atoms with Crippen LogP contribution in [0.2, 0.25) is 0 Å². The van der Waals surface area contributed by atoms with Gasteiger partial charge in [-0.05, 0) is 19.8 Å². The number of carboxylic acids is 1. The Balaban J connectivity index is 1.57. The minimum absolute atomic E-state index is 0.179. The summed E-state index contributed by atoms with van der Waals surface area (Å²) in [6.07, 6.45) is 1.45. The summed E-state index contributed by atoms with van der Waals surface area (Å²) in [5.41, 5.74) is 2.21. The van der Waals surface area contributed by atoms with E-state index in [2.05, 4.69) is 10.3 Å². The summed E-state index contributed by atoms with van der Waals surface area (Å²) in [6, 6.07) is 8.09. The van der Waals surface area contributed by atoms with Gasteiger partial charge in [-0.2, -0.15) is 0 Å². The molecule has 0 saturated heterocycles. The number of rotatable bonds is 6. The molecule has 0 spiro atoms. The monoisotopic (exact) mass is 330 g/mol. The number of benzene rings is 1. The van der Waals surface area contributed by atoms with Gasteiger partial charge in [-0.3, -0.25) is 9.59 Å². The number of amides is 1. The van der Waals surface area contributed by atoms with E-state index < -0.39 is 11.4 Å². The van der Waals surface area contributed by atoms with Gasteiger partial charge in [0, 0.05) is 17.5 Å². The maximum atomic E-state index is 12.0. The van der Waals surface area contributed by atoms with Gasteiger partial charge in [0.1, 0.15) is 5.01 Å². The first-order valence-corrected chi connectivity index (χ1v) is 8.38. The number of thiazole rings is 1. The Morgan fingerprint density at radius 3 is 2.61 bits per heavy atom. The predicted molar refractivity (Wildman–Crippen MR) is 88.3 cm³/mol. The quantitative estimate of drug-likeness (QED) is 0.853. The maximum Gasteiger partial charge on any atom is 0.311 e. The molecule has 0 radical (unpaired) electrons. The normalized spacial score (nSPS) is 15.2. The number of hydrogen-bond acceptors (Lipinski definition) is 4. The van der Waals surface area contributed by atoms with Crippen LogP contribution < -0.4 is 5.32 Å². The number of aliphatic carboxylic acids is 1. The molecular formula is C17H18N2O3S. The van der Waals surface area contributed by atoms with Gasteiger partial charge in [-0.1, -0.05) is 29.8 Å². The maximum absolute atomic E-state index is 12.0. The van der Waals surface area contributed by atoms with Crippen molar-refractivity contribution in [3.8, 4) is 10.6 Å². The van der Waals surface area contributed by atoms with Crippen LogP contribution in [-0.4, -0.2) is 28.5 Å². The van der Waals surface area contributed by atoms with Crippen molar-refractivity contribution >= 4 is 23.2 Å². The van der Waals surface area contributed by atoms with E-state index in [1.165, 1.54) is 16.9 Å². The van der Waals surface area contributed by atoms with E-state index in [4.69, 9.17) is 5.11 Å². The van der Waals surface area contributed by atoms with E-state index in [-0.39, 0.29) is 18.9 Å². The summed E-state index contributed by atoms with van der Waals surface area (Å²) in [5.74, 6) is -1.01. The molecule has 0 atom stereocenters. The highest BCUT2D eigenvalue weighted by Crippen LogP contribution is 2.45. The largest absolute Gasteiger partial charge is 0.481 e. The van der Waals surface area contributed by atoms with Crippen LogP contribution in [0.25, 0.3) is 10.6 Å². The van der Waals surface area contributed by atoms with Crippen LogP contribution in [-0.2, 0) is 16.0 Å². The highest BCUT2D eigenvalue weighted by molar-refractivity contribution is 7.13. The Morgan fingerprint density at radius 2 is 2.00 bits per heavy atom. The molecule has 120 valence electrons. The van der Waals surface area contributed by atoms with E-state index in [0.717, 1.165) is 10.6 Å². The third-order valence-corrected chi connectivity index (χ3v) is 5.06. The Bertz CT molecular complexity index is 733. The fraction of sp³-hybridized carbons (Fsp3) is 0.353. The number of carboxylic acid groups (broad SMARTS) is 1. The summed E-state index contributed by atoms with van der Waals surface area (Å²) in [7, 11) is 0. The van der Waals surface area contributed by atoms with Crippen molar-refractivity contribution in [3.63, 3.8) is 0 Å². The Labute approximate surface area is 138 Å². The molecule has 2 aromatic rings. The Kier molecular flexibility index (Phi) is 4.17. The molecule has 23 heavy (non-hydrogen) atoms. The van der Waals surface area contributed by atoms with Gasteiger partial charge in [-0.25, -0.2) is 4.98 Å². The number of hydrogen-bond donors (Lipinski definition) is 2. The van der Waals surface area contributed by atoms with Gasteiger partial charge >= 0.3 is 5.97 Å². The lowest BCUT2D eigenvalue weighted by Gasteiger charge is -2.10. The first-order chi connectivity index (χ1) is 11.0. The van der Waals surface area contributed by atoms with Crippen LogP contribution in [0.5, 0.6) is 0 Å². The molecule has 1 fully saturated rings. The fourth-order valence-corrected chi connectivity index (χ4v) is 3.15. The van der Waals surface area contributed by atoms with Gasteiger partial charge in [-0.15, -0.1) is 11.3 Å². The van der Waals surface area contributed by atoms with Gasteiger partial charge in [0.2, 0.25) is 5.91 Å². The second-order valence-corrected chi connectivity index (χ2v) is 6.91. The van der Waals surface area contributed by atoms with E-state index in [1.807, 2.05) is 36.6 Å². The predicted octanol–water partition coefficient (Wildman–Crippen LogP) is 2.64.